The smallest absolute Gasteiger partial charge is 0.242 e. The van der Waals surface area contributed by atoms with E-state index >= 15 is 0 Å². The van der Waals surface area contributed by atoms with E-state index in [1.54, 1.807) is 37.6 Å². The fourth-order valence-corrected chi connectivity index (χ4v) is 4.91. The number of hydrogen-bond acceptors (Lipinski definition) is 6. The summed E-state index contributed by atoms with van der Waals surface area (Å²) in [4.78, 5) is 31.4. The zero-order valence-electron chi connectivity index (χ0n) is 22.6. The number of benzene rings is 2. The van der Waals surface area contributed by atoms with Crippen molar-refractivity contribution in [3.63, 3.8) is 0 Å². The van der Waals surface area contributed by atoms with E-state index in [4.69, 9.17) is 14.2 Å². The Morgan fingerprint density at radius 1 is 0.789 bits per heavy atom. The summed E-state index contributed by atoms with van der Waals surface area (Å²) in [5.74, 6) is 1.25. The fourth-order valence-electron chi connectivity index (χ4n) is 4.19. The predicted molar refractivity (Wildman–Crippen MR) is 151 cm³/mol. The summed E-state index contributed by atoms with van der Waals surface area (Å²) in [6.45, 7) is 2.10. The number of nitrogens with zero attached hydrogens (tertiary/aromatic N) is 2. The lowest BCUT2D eigenvalue weighted by molar-refractivity contribution is -0.141. The van der Waals surface area contributed by atoms with Gasteiger partial charge in [-0.15, -0.1) is 11.3 Å². The molecule has 0 saturated heterocycles. The highest BCUT2D eigenvalue weighted by Crippen LogP contribution is 2.28. The zero-order chi connectivity index (χ0) is 27.2. The molecule has 0 N–H and O–H groups in total. The molecular formula is C30H38N2O5S. The van der Waals surface area contributed by atoms with E-state index in [1.807, 2.05) is 70.9 Å². The Morgan fingerprint density at radius 2 is 1.58 bits per heavy atom. The fraction of sp³-hybridized carbons (Fsp3) is 0.400. The molecule has 0 spiro atoms. The second-order valence-electron chi connectivity index (χ2n) is 8.98. The van der Waals surface area contributed by atoms with Crippen LogP contribution in [0.2, 0.25) is 0 Å². The average Bonchev–Trinajstić information content (AvgIpc) is 3.47. The van der Waals surface area contributed by atoms with Gasteiger partial charge in [0.15, 0.2) is 11.5 Å². The van der Waals surface area contributed by atoms with Crippen LogP contribution in [0.15, 0.2) is 66.0 Å². The van der Waals surface area contributed by atoms with Crippen LogP contribution in [-0.4, -0.2) is 69.2 Å². The van der Waals surface area contributed by atoms with Crippen LogP contribution in [-0.2, 0) is 33.7 Å². The normalized spacial score (nSPS) is 10.7. The Kier molecular flexibility index (Phi) is 12.1. The van der Waals surface area contributed by atoms with Gasteiger partial charge < -0.3 is 24.0 Å². The van der Waals surface area contributed by atoms with E-state index in [2.05, 4.69) is 0 Å². The number of ether oxygens (including phenoxy) is 3. The van der Waals surface area contributed by atoms with Crippen molar-refractivity contribution < 1.29 is 23.8 Å². The van der Waals surface area contributed by atoms with Crippen LogP contribution in [0.1, 0.15) is 28.8 Å². The number of aryl methyl sites for hydroxylation is 1. The molecule has 0 aliphatic carbocycles. The molecule has 0 atom stereocenters. The van der Waals surface area contributed by atoms with Crippen molar-refractivity contribution >= 4 is 23.2 Å². The first-order valence-corrected chi connectivity index (χ1v) is 13.7. The largest absolute Gasteiger partial charge is 0.493 e. The molecule has 204 valence electrons. The second-order valence-corrected chi connectivity index (χ2v) is 10.0. The Morgan fingerprint density at radius 3 is 2.26 bits per heavy atom. The van der Waals surface area contributed by atoms with Gasteiger partial charge in [0, 0.05) is 38.1 Å². The van der Waals surface area contributed by atoms with E-state index in [-0.39, 0.29) is 18.4 Å². The maximum atomic E-state index is 13.6. The first-order valence-electron chi connectivity index (χ1n) is 12.9. The van der Waals surface area contributed by atoms with Crippen molar-refractivity contribution in [1.82, 2.24) is 9.80 Å². The Bertz CT molecular complexity index is 1120. The van der Waals surface area contributed by atoms with Crippen LogP contribution in [0.5, 0.6) is 11.5 Å². The first kappa shape index (κ1) is 29.2. The lowest BCUT2D eigenvalue weighted by Crippen LogP contribution is -2.44. The Balaban J connectivity index is 1.69. The van der Waals surface area contributed by atoms with E-state index in [9.17, 15) is 9.59 Å². The van der Waals surface area contributed by atoms with Gasteiger partial charge in [-0.3, -0.25) is 9.59 Å². The van der Waals surface area contributed by atoms with Gasteiger partial charge in [-0.25, -0.2) is 0 Å². The highest BCUT2D eigenvalue weighted by Gasteiger charge is 2.22. The molecule has 0 radical (unpaired) electrons. The van der Waals surface area contributed by atoms with E-state index in [1.165, 1.54) is 0 Å². The third-order valence-corrected chi connectivity index (χ3v) is 7.18. The molecule has 2 amide bonds. The van der Waals surface area contributed by atoms with Crippen LogP contribution < -0.4 is 9.47 Å². The molecule has 1 heterocycles. The molecule has 0 aliphatic rings. The van der Waals surface area contributed by atoms with Crippen molar-refractivity contribution in [2.45, 2.75) is 32.2 Å². The molecule has 2 aromatic carbocycles. The standard InChI is InChI=1S/C30H38N2O5S/c1-35-19-8-17-31(29(33)15-13-24-9-5-4-6-10-24)23-30(34)32(22-26-11-7-20-38-26)18-16-25-12-14-27(36-2)28(21-25)37-3/h4-7,9-12,14,20-21H,8,13,15-19,22-23H2,1-3H3. The van der Waals surface area contributed by atoms with Gasteiger partial charge in [0.25, 0.3) is 0 Å². The van der Waals surface area contributed by atoms with Crippen molar-refractivity contribution in [3.8, 4) is 11.5 Å². The molecule has 0 bridgehead atoms. The molecule has 3 rings (SSSR count). The minimum Gasteiger partial charge on any atom is -0.493 e. The second kappa shape index (κ2) is 15.8. The third-order valence-electron chi connectivity index (χ3n) is 6.32. The van der Waals surface area contributed by atoms with Crippen LogP contribution in [0, 0.1) is 0 Å². The lowest BCUT2D eigenvalue weighted by Gasteiger charge is -2.28. The maximum absolute atomic E-state index is 13.6. The number of amides is 2. The van der Waals surface area contributed by atoms with Crippen LogP contribution >= 0.6 is 11.3 Å². The summed E-state index contributed by atoms with van der Waals surface area (Å²) >= 11 is 1.62. The van der Waals surface area contributed by atoms with Gasteiger partial charge in [0.2, 0.25) is 11.8 Å². The highest BCUT2D eigenvalue weighted by molar-refractivity contribution is 7.09. The van der Waals surface area contributed by atoms with Crippen molar-refractivity contribution in [3.05, 3.63) is 82.0 Å². The van der Waals surface area contributed by atoms with Gasteiger partial charge in [0.1, 0.15) is 0 Å². The molecule has 0 fully saturated rings. The first-order chi connectivity index (χ1) is 18.5. The topological polar surface area (TPSA) is 68.3 Å². The van der Waals surface area contributed by atoms with Crippen molar-refractivity contribution in [1.29, 1.82) is 0 Å². The van der Waals surface area contributed by atoms with Gasteiger partial charge in [-0.05, 0) is 54.0 Å². The summed E-state index contributed by atoms with van der Waals surface area (Å²) in [5, 5.41) is 2.01. The van der Waals surface area contributed by atoms with Gasteiger partial charge >= 0.3 is 0 Å². The molecule has 8 heteroatoms. The number of hydrogen-bond donors (Lipinski definition) is 0. The maximum Gasteiger partial charge on any atom is 0.242 e. The van der Waals surface area contributed by atoms with Crippen molar-refractivity contribution in [2.24, 2.45) is 0 Å². The van der Waals surface area contributed by atoms with Crippen LogP contribution in [0.25, 0.3) is 0 Å². The molecular weight excluding hydrogens is 500 g/mol. The molecule has 0 saturated carbocycles. The number of carbonyl (C=O) groups is 2. The molecule has 38 heavy (non-hydrogen) atoms. The molecule has 3 aromatic rings. The summed E-state index contributed by atoms with van der Waals surface area (Å²) < 4.78 is 16.0. The minimum atomic E-state index is -0.0654. The minimum absolute atomic E-state index is 0.0192. The van der Waals surface area contributed by atoms with E-state index in [0.29, 0.717) is 63.4 Å². The van der Waals surface area contributed by atoms with Crippen molar-refractivity contribution in [2.75, 3.05) is 47.6 Å². The summed E-state index contributed by atoms with van der Waals surface area (Å²) in [6, 6.07) is 19.8. The SMILES string of the molecule is COCCCN(CC(=O)N(CCc1ccc(OC)c(OC)c1)Cc1cccs1)C(=O)CCc1ccccc1. The number of methoxy groups -OCH3 is 3. The van der Waals surface area contributed by atoms with Gasteiger partial charge in [-0.1, -0.05) is 42.5 Å². The molecule has 7 nitrogen and oxygen atoms in total. The lowest BCUT2D eigenvalue weighted by atomic mass is 10.1. The molecule has 0 aliphatic heterocycles. The van der Waals surface area contributed by atoms with Gasteiger partial charge in [0.05, 0.1) is 27.3 Å². The summed E-state index contributed by atoms with van der Waals surface area (Å²) in [7, 11) is 4.86. The highest BCUT2D eigenvalue weighted by atomic mass is 32.1. The summed E-state index contributed by atoms with van der Waals surface area (Å²) in [5.41, 5.74) is 2.15. The number of rotatable bonds is 16. The van der Waals surface area contributed by atoms with E-state index in [0.717, 1.165) is 16.0 Å². The quantitative estimate of drug-likeness (QED) is 0.244. The number of carbonyl (C=O) groups excluding carboxylic acids is 2. The predicted octanol–water partition coefficient (Wildman–Crippen LogP) is 4.83. The average molecular weight is 539 g/mol. The Hall–Kier alpha value is -3.36. The van der Waals surface area contributed by atoms with Crippen LogP contribution in [0.4, 0.5) is 0 Å². The zero-order valence-corrected chi connectivity index (χ0v) is 23.4. The van der Waals surface area contributed by atoms with Gasteiger partial charge in [-0.2, -0.15) is 0 Å². The molecule has 0 unspecified atom stereocenters. The summed E-state index contributed by atoms with van der Waals surface area (Å²) in [6.07, 6.45) is 2.34. The third kappa shape index (κ3) is 9.19. The molecule has 1 aromatic heterocycles. The monoisotopic (exact) mass is 538 g/mol. The Labute approximate surface area is 229 Å². The van der Waals surface area contributed by atoms with E-state index < -0.39 is 0 Å². The van der Waals surface area contributed by atoms with Crippen LogP contribution in [0.3, 0.4) is 0 Å². The number of thiophene rings is 1.